The average Bonchev–Trinajstić information content (AvgIpc) is 2.64. The van der Waals surface area contributed by atoms with E-state index in [4.69, 9.17) is 4.74 Å². The van der Waals surface area contributed by atoms with Gasteiger partial charge in [-0.05, 0) is 60.5 Å². The van der Waals surface area contributed by atoms with Gasteiger partial charge in [-0.1, -0.05) is 24.0 Å². The summed E-state index contributed by atoms with van der Waals surface area (Å²) in [6, 6.07) is 12.2. The van der Waals surface area contributed by atoms with Crippen molar-refractivity contribution in [1.82, 2.24) is 0 Å². The van der Waals surface area contributed by atoms with Crippen LogP contribution >= 0.6 is 0 Å². The highest BCUT2D eigenvalue weighted by atomic mass is 19.2. The van der Waals surface area contributed by atoms with Gasteiger partial charge in [-0.3, -0.25) is 0 Å². The van der Waals surface area contributed by atoms with Crippen molar-refractivity contribution in [2.24, 2.45) is 0 Å². The van der Waals surface area contributed by atoms with Crippen molar-refractivity contribution in [3.05, 3.63) is 89.0 Å². The van der Waals surface area contributed by atoms with Gasteiger partial charge in [0.15, 0.2) is 11.6 Å². The van der Waals surface area contributed by atoms with Crippen molar-refractivity contribution < 1.29 is 22.3 Å². The van der Waals surface area contributed by atoms with Crippen LogP contribution in [0.25, 0.3) is 11.1 Å². The third kappa shape index (κ3) is 4.29. The minimum absolute atomic E-state index is 0.114. The molecule has 3 aromatic carbocycles. The number of ether oxygens (including phenoxy) is 1. The molecule has 0 heterocycles. The normalized spacial score (nSPS) is 10.3. The molecule has 0 atom stereocenters. The SMILES string of the molecule is CCOc1ccc(-c2cc(F)c(C#Cc3ccc(F)c(F)c3)c(F)c2)cc1. The minimum Gasteiger partial charge on any atom is -0.494 e. The Morgan fingerprint density at radius 3 is 1.96 bits per heavy atom. The summed E-state index contributed by atoms with van der Waals surface area (Å²) >= 11 is 0. The van der Waals surface area contributed by atoms with Gasteiger partial charge in [0.1, 0.15) is 17.4 Å². The third-order valence-electron chi connectivity index (χ3n) is 3.79. The zero-order chi connectivity index (χ0) is 19.4. The number of hydrogen-bond donors (Lipinski definition) is 0. The number of hydrogen-bond acceptors (Lipinski definition) is 1. The molecule has 3 aromatic rings. The zero-order valence-corrected chi connectivity index (χ0v) is 14.3. The van der Waals surface area contributed by atoms with Crippen LogP contribution in [-0.4, -0.2) is 6.61 Å². The van der Waals surface area contributed by atoms with Gasteiger partial charge in [0.2, 0.25) is 0 Å². The summed E-state index contributed by atoms with van der Waals surface area (Å²) in [5.74, 6) is 1.67. The highest BCUT2D eigenvalue weighted by molar-refractivity contribution is 5.66. The van der Waals surface area contributed by atoms with Gasteiger partial charge in [0.25, 0.3) is 0 Å². The first-order valence-electron chi connectivity index (χ1n) is 8.17. The molecule has 5 heteroatoms. The van der Waals surface area contributed by atoms with Crippen molar-refractivity contribution in [3.8, 4) is 28.7 Å². The topological polar surface area (TPSA) is 9.23 Å². The Balaban J connectivity index is 1.91. The fraction of sp³-hybridized carbons (Fsp3) is 0.0909. The highest BCUT2D eigenvalue weighted by Crippen LogP contribution is 2.26. The Morgan fingerprint density at radius 2 is 1.37 bits per heavy atom. The molecule has 0 unspecified atom stereocenters. The number of rotatable bonds is 3. The Bertz CT molecular complexity index is 1010. The summed E-state index contributed by atoms with van der Waals surface area (Å²) < 4.78 is 60.1. The van der Waals surface area contributed by atoms with Crippen molar-refractivity contribution in [1.29, 1.82) is 0 Å². The Kier molecular flexibility index (Phi) is 5.46. The molecular weight excluding hydrogens is 356 g/mol. The monoisotopic (exact) mass is 370 g/mol. The van der Waals surface area contributed by atoms with Crippen LogP contribution < -0.4 is 4.74 Å². The minimum atomic E-state index is -1.08. The van der Waals surface area contributed by atoms with Crippen molar-refractivity contribution >= 4 is 0 Å². The van der Waals surface area contributed by atoms with Gasteiger partial charge < -0.3 is 4.74 Å². The predicted octanol–water partition coefficient (Wildman–Crippen LogP) is 5.71. The lowest BCUT2D eigenvalue weighted by Gasteiger charge is -2.07. The second kappa shape index (κ2) is 7.96. The molecule has 0 saturated heterocycles. The van der Waals surface area contributed by atoms with E-state index in [-0.39, 0.29) is 5.56 Å². The van der Waals surface area contributed by atoms with Gasteiger partial charge in [0.05, 0.1) is 12.2 Å². The van der Waals surface area contributed by atoms with E-state index in [0.717, 1.165) is 12.1 Å². The summed E-state index contributed by atoms with van der Waals surface area (Å²) in [6.07, 6.45) is 0. The van der Waals surface area contributed by atoms with Gasteiger partial charge in [-0.25, -0.2) is 17.6 Å². The molecule has 3 rings (SSSR count). The quantitative estimate of drug-likeness (QED) is 0.424. The van der Waals surface area contributed by atoms with Gasteiger partial charge in [0, 0.05) is 5.56 Å². The Labute approximate surface area is 154 Å². The summed E-state index contributed by atoms with van der Waals surface area (Å²) in [6.45, 7) is 2.38. The van der Waals surface area contributed by atoms with Crippen LogP contribution in [0, 0.1) is 35.1 Å². The summed E-state index contributed by atoms with van der Waals surface area (Å²) in [7, 11) is 0. The van der Waals surface area contributed by atoms with E-state index in [1.54, 1.807) is 24.3 Å². The second-order valence-corrected chi connectivity index (χ2v) is 5.65. The van der Waals surface area contributed by atoms with E-state index in [1.807, 2.05) is 6.92 Å². The van der Waals surface area contributed by atoms with Crippen LogP contribution in [-0.2, 0) is 0 Å². The van der Waals surface area contributed by atoms with Crippen LogP contribution in [0.3, 0.4) is 0 Å². The molecule has 136 valence electrons. The molecule has 0 bridgehead atoms. The maximum absolute atomic E-state index is 14.3. The van der Waals surface area contributed by atoms with Crippen molar-refractivity contribution in [2.45, 2.75) is 6.92 Å². The van der Waals surface area contributed by atoms with Crippen LogP contribution in [0.1, 0.15) is 18.1 Å². The summed E-state index contributed by atoms with van der Waals surface area (Å²) in [5, 5.41) is 0. The molecule has 0 spiro atoms. The first-order valence-corrected chi connectivity index (χ1v) is 8.17. The molecule has 0 N–H and O–H groups in total. The third-order valence-corrected chi connectivity index (χ3v) is 3.79. The lowest BCUT2D eigenvalue weighted by molar-refractivity contribution is 0.340. The predicted molar refractivity (Wildman–Crippen MR) is 95.3 cm³/mol. The lowest BCUT2D eigenvalue weighted by atomic mass is 10.0. The highest BCUT2D eigenvalue weighted by Gasteiger charge is 2.11. The largest absolute Gasteiger partial charge is 0.494 e. The van der Waals surface area contributed by atoms with Crippen molar-refractivity contribution in [2.75, 3.05) is 6.61 Å². The smallest absolute Gasteiger partial charge is 0.160 e. The van der Waals surface area contributed by atoms with Crippen LogP contribution in [0.2, 0.25) is 0 Å². The number of halogens is 4. The zero-order valence-electron chi connectivity index (χ0n) is 14.3. The van der Waals surface area contributed by atoms with E-state index < -0.39 is 28.8 Å². The van der Waals surface area contributed by atoms with E-state index in [1.165, 1.54) is 18.2 Å². The molecule has 0 aliphatic rings. The molecule has 0 amide bonds. The van der Waals surface area contributed by atoms with Crippen LogP contribution in [0.15, 0.2) is 54.6 Å². The molecule has 0 fully saturated rings. The van der Waals surface area contributed by atoms with E-state index in [0.29, 0.717) is 23.5 Å². The molecule has 1 nitrogen and oxygen atoms in total. The molecule has 0 saturated carbocycles. The van der Waals surface area contributed by atoms with Gasteiger partial charge in [-0.2, -0.15) is 0 Å². The van der Waals surface area contributed by atoms with Gasteiger partial charge >= 0.3 is 0 Å². The van der Waals surface area contributed by atoms with E-state index in [2.05, 4.69) is 11.8 Å². The fourth-order valence-electron chi connectivity index (χ4n) is 2.48. The van der Waals surface area contributed by atoms with E-state index in [9.17, 15) is 17.6 Å². The molecular formula is C22H14F4O. The lowest BCUT2D eigenvalue weighted by Crippen LogP contribution is -1.94. The number of benzene rings is 3. The first kappa shape index (κ1) is 18.5. The standard InChI is InChI=1S/C22H14F4O/c1-2-27-17-7-5-15(6-8-17)16-12-20(24)18(21(25)13-16)9-3-14-4-10-19(23)22(26)11-14/h4-8,10-13H,2H2,1H3. The fourth-order valence-corrected chi connectivity index (χ4v) is 2.48. The maximum atomic E-state index is 14.3. The summed E-state index contributed by atoms with van der Waals surface area (Å²) in [4.78, 5) is 0. The molecule has 0 aromatic heterocycles. The maximum Gasteiger partial charge on any atom is 0.160 e. The van der Waals surface area contributed by atoms with Crippen LogP contribution in [0.5, 0.6) is 5.75 Å². The van der Waals surface area contributed by atoms with E-state index >= 15 is 0 Å². The second-order valence-electron chi connectivity index (χ2n) is 5.65. The molecule has 0 aliphatic heterocycles. The molecule has 27 heavy (non-hydrogen) atoms. The molecule has 0 radical (unpaired) electrons. The van der Waals surface area contributed by atoms with Gasteiger partial charge in [-0.15, -0.1) is 0 Å². The first-order chi connectivity index (χ1) is 13.0. The Hall–Kier alpha value is -3.26. The van der Waals surface area contributed by atoms with Crippen LogP contribution in [0.4, 0.5) is 17.6 Å². The Morgan fingerprint density at radius 1 is 0.704 bits per heavy atom. The molecule has 0 aliphatic carbocycles. The van der Waals surface area contributed by atoms with Crippen molar-refractivity contribution in [3.63, 3.8) is 0 Å². The summed E-state index contributed by atoms with van der Waals surface area (Å²) in [5.41, 5.74) is 0.653. The average molecular weight is 370 g/mol.